The molecule has 0 radical (unpaired) electrons. The van der Waals surface area contributed by atoms with E-state index >= 15 is 0 Å². The third kappa shape index (κ3) is 3.91. The smallest absolute Gasteiger partial charge is 0.274 e. The molecule has 2 aliphatic rings. The van der Waals surface area contributed by atoms with Crippen molar-refractivity contribution >= 4 is 23.6 Å². The molecule has 4 amide bonds. The summed E-state index contributed by atoms with van der Waals surface area (Å²) in [7, 11) is 0. The predicted octanol–water partition coefficient (Wildman–Crippen LogP) is 0.620. The number of hydrogen-bond donors (Lipinski definition) is 1. The molecule has 1 fully saturated rings. The van der Waals surface area contributed by atoms with Crippen LogP contribution in [0, 0.1) is 5.92 Å². The van der Waals surface area contributed by atoms with Gasteiger partial charge < -0.3 is 9.80 Å². The second-order valence-electron chi connectivity index (χ2n) is 8.27. The molecule has 10 heteroatoms. The van der Waals surface area contributed by atoms with Crippen molar-refractivity contribution in [3.8, 4) is 0 Å². The van der Waals surface area contributed by atoms with E-state index in [1.807, 2.05) is 13.8 Å². The molecule has 1 N–H and O–H groups in total. The van der Waals surface area contributed by atoms with Gasteiger partial charge in [0.25, 0.3) is 29.2 Å². The normalized spacial score (nSPS) is 16.0. The zero-order valence-electron chi connectivity index (χ0n) is 17.8. The number of imide groups is 1. The molecule has 1 saturated heterocycles. The number of fused-ring (bicyclic) bond motifs is 1. The van der Waals surface area contributed by atoms with E-state index in [1.54, 1.807) is 15.9 Å². The van der Waals surface area contributed by atoms with Crippen LogP contribution >= 0.6 is 0 Å². The molecule has 32 heavy (non-hydrogen) atoms. The van der Waals surface area contributed by atoms with E-state index < -0.39 is 0 Å². The number of aromatic amines is 1. The van der Waals surface area contributed by atoms with Gasteiger partial charge in [-0.3, -0.25) is 28.9 Å². The second kappa shape index (κ2) is 8.37. The van der Waals surface area contributed by atoms with Crippen molar-refractivity contribution in [2.24, 2.45) is 5.92 Å². The molecule has 0 aliphatic carbocycles. The Kier molecular flexibility index (Phi) is 5.60. The first-order valence-electron chi connectivity index (χ1n) is 10.4. The highest BCUT2D eigenvalue weighted by molar-refractivity contribution is 6.22. The summed E-state index contributed by atoms with van der Waals surface area (Å²) >= 11 is 0. The van der Waals surface area contributed by atoms with E-state index in [1.165, 1.54) is 29.2 Å². The minimum atomic E-state index is -0.390. The highest BCUT2D eigenvalue weighted by atomic mass is 16.2. The van der Waals surface area contributed by atoms with Gasteiger partial charge in [-0.25, -0.2) is 5.10 Å². The summed E-state index contributed by atoms with van der Waals surface area (Å²) < 4.78 is 0. The Bertz CT molecular complexity index is 1140. The molecule has 2 aromatic rings. The fraction of sp³-hybridized carbons (Fsp3) is 0.364. The van der Waals surface area contributed by atoms with Gasteiger partial charge in [-0.15, -0.1) is 0 Å². The van der Waals surface area contributed by atoms with Crippen LogP contribution in [0.15, 0.2) is 35.1 Å². The van der Waals surface area contributed by atoms with E-state index in [0.717, 1.165) is 0 Å². The maximum absolute atomic E-state index is 13.0. The van der Waals surface area contributed by atoms with Crippen molar-refractivity contribution in [3.05, 3.63) is 63.1 Å². The van der Waals surface area contributed by atoms with Crippen LogP contribution < -0.4 is 5.56 Å². The van der Waals surface area contributed by atoms with Crippen LogP contribution in [0.25, 0.3) is 0 Å². The fourth-order valence-electron chi connectivity index (χ4n) is 3.88. The van der Waals surface area contributed by atoms with E-state index in [2.05, 4.69) is 10.2 Å². The van der Waals surface area contributed by atoms with Crippen molar-refractivity contribution in [2.75, 3.05) is 32.7 Å². The van der Waals surface area contributed by atoms with Crippen molar-refractivity contribution in [1.29, 1.82) is 0 Å². The zero-order chi connectivity index (χ0) is 23.0. The van der Waals surface area contributed by atoms with E-state index in [9.17, 15) is 24.0 Å². The SMILES string of the molecule is CC(C)CN1C(=O)c2ccc(C(=O)N3CCN(C(=O)c4ccc(=O)[nH]n4)CC3)cc2C1=O. The summed E-state index contributed by atoms with van der Waals surface area (Å²) in [4.78, 5) is 66.2. The first kappa shape index (κ1) is 21.4. The van der Waals surface area contributed by atoms with Crippen molar-refractivity contribution in [1.82, 2.24) is 24.9 Å². The van der Waals surface area contributed by atoms with Crippen LogP contribution in [0.3, 0.4) is 0 Å². The molecule has 0 spiro atoms. The summed E-state index contributed by atoms with van der Waals surface area (Å²) in [5.74, 6) is -1.15. The van der Waals surface area contributed by atoms with Crippen LogP contribution in [0.1, 0.15) is 55.4 Å². The van der Waals surface area contributed by atoms with Gasteiger partial charge in [0, 0.05) is 44.4 Å². The molecule has 0 saturated carbocycles. The number of carbonyl (C=O) groups is 4. The van der Waals surface area contributed by atoms with Gasteiger partial charge in [0.1, 0.15) is 5.69 Å². The number of rotatable bonds is 4. The predicted molar refractivity (Wildman–Crippen MR) is 113 cm³/mol. The van der Waals surface area contributed by atoms with Gasteiger partial charge in [-0.1, -0.05) is 13.8 Å². The highest BCUT2D eigenvalue weighted by Gasteiger charge is 2.36. The van der Waals surface area contributed by atoms with Gasteiger partial charge in [-0.2, -0.15) is 5.10 Å². The number of nitrogens with one attached hydrogen (secondary N) is 1. The average molecular weight is 437 g/mol. The first-order chi connectivity index (χ1) is 15.3. The number of hydrogen-bond acceptors (Lipinski definition) is 6. The number of nitrogens with zero attached hydrogens (tertiary/aromatic N) is 4. The van der Waals surface area contributed by atoms with Crippen LogP contribution in [0.5, 0.6) is 0 Å². The topological polar surface area (TPSA) is 124 Å². The fourth-order valence-corrected chi connectivity index (χ4v) is 3.88. The van der Waals surface area contributed by atoms with E-state index in [-0.39, 0.29) is 46.4 Å². The van der Waals surface area contributed by atoms with Crippen LogP contribution in [0.2, 0.25) is 0 Å². The monoisotopic (exact) mass is 437 g/mol. The van der Waals surface area contributed by atoms with Gasteiger partial charge in [-0.05, 0) is 30.2 Å². The molecule has 3 heterocycles. The number of H-pyrrole nitrogens is 1. The maximum atomic E-state index is 13.0. The lowest BCUT2D eigenvalue weighted by atomic mass is 10.0. The Hall–Kier alpha value is -3.82. The molecule has 1 aromatic carbocycles. The van der Waals surface area contributed by atoms with Crippen LogP contribution in [-0.2, 0) is 0 Å². The quantitative estimate of drug-likeness (QED) is 0.700. The van der Waals surface area contributed by atoms with Crippen LogP contribution in [0.4, 0.5) is 0 Å². The molecule has 1 aromatic heterocycles. The Morgan fingerprint density at radius 3 is 2.12 bits per heavy atom. The van der Waals surface area contributed by atoms with Crippen molar-refractivity contribution < 1.29 is 19.2 Å². The molecule has 0 bridgehead atoms. The third-order valence-corrected chi connectivity index (χ3v) is 5.52. The van der Waals surface area contributed by atoms with Gasteiger partial charge in [0.15, 0.2) is 0 Å². The lowest BCUT2D eigenvalue weighted by Crippen LogP contribution is -2.50. The number of amides is 4. The minimum absolute atomic E-state index is 0.136. The van der Waals surface area contributed by atoms with Crippen molar-refractivity contribution in [3.63, 3.8) is 0 Å². The van der Waals surface area contributed by atoms with Gasteiger partial charge in [0.2, 0.25) is 0 Å². The first-order valence-corrected chi connectivity index (χ1v) is 10.4. The zero-order valence-corrected chi connectivity index (χ0v) is 17.8. The summed E-state index contributed by atoms with van der Waals surface area (Å²) in [5, 5.41) is 5.99. The Morgan fingerprint density at radius 1 is 0.906 bits per heavy atom. The van der Waals surface area contributed by atoms with E-state index in [4.69, 9.17) is 0 Å². The van der Waals surface area contributed by atoms with E-state index in [0.29, 0.717) is 43.9 Å². The number of benzene rings is 1. The summed E-state index contributed by atoms with van der Waals surface area (Å²) in [6.07, 6.45) is 0. The Labute approximate surface area is 183 Å². The number of carbonyl (C=O) groups excluding carboxylic acids is 4. The minimum Gasteiger partial charge on any atom is -0.335 e. The molecule has 0 unspecified atom stereocenters. The lowest BCUT2D eigenvalue weighted by Gasteiger charge is -2.34. The summed E-state index contributed by atoms with van der Waals surface area (Å²) in [6, 6.07) is 7.18. The molecule has 10 nitrogen and oxygen atoms in total. The Morgan fingerprint density at radius 2 is 1.53 bits per heavy atom. The summed E-state index contributed by atoms with van der Waals surface area (Å²) in [6.45, 7) is 5.45. The highest BCUT2D eigenvalue weighted by Crippen LogP contribution is 2.25. The molecule has 166 valence electrons. The number of aromatic nitrogens is 2. The largest absolute Gasteiger partial charge is 0.335 e. The molecule has 4 rings (SSSR count). The van der Waals surface area contributed by atoms with Gasteiger partial charge in [0.05, 0.1) is 11.1 Å². The van der Waals surface area contributed by atoms with Gasteiger partial charge >= 0.3 is 0 Å². The number of piperazine rings is 1. The van der Waals surface area contributed by atoms with Crippen molar-refractivity contribution in [2.45, 2.75) is 13.8 Å². The molecule has 0 atom stereocenters. The molecular formula is C22H23N5O5. The molecular weight excluding hydrogens is 414 g/mol. The maximum Gasteiger partial charge on any atom is 0.274 e. The summed E-state index contributed by atoms with van der Waals surface area (Å²) in [5.41, 5.74) is 0.643. The second-order valence-corrected chi connectivity index (χ2v) is 8.27. The average Bonchev–Trinajstić information content (AvgIpc) is 3.02. The standard InChI is InChI=1S/C22H23N5O5/c1-13(2)12-27-20(30)15-4-3-14(11-16(15)21(27)31)19(29)25-7-9-26(10-8-25)22(32)17-5-6-18(28)24-23-17/h3-6,11,13H,7-10,12H2,1-2H3,(H,24,28). The molecule has 2 aliphatic heterocycles. The van der Waals surface area contributed by atoms with Crippen LogP contribution in [-0.4, -0.2) is 81.2 Å². The lowest BCUT2D eigenvalue weighted by molar-refractivity contribution is 0.0531. The third-order valence-electron chi connectivity index (χ3n) is 5.52. The Balaban J connectivity index is 1.43.